The van der Waals surface area contributed by atoms with Gasteiger partial charge in [-0.3, -0.25) is 4.79 Å². The molecule has 0 saturated heterocycles. The Morgan fingerprint density at radius 2 is 2.12 bits per heavy atom. The Morgan fingerprint density at radius 1 is 1.47 bits per heavy atom. The summed E-state index contributed by atoms with van der Waals surface area (Å²) in [5, 5.41) is 0. The van der Waals surface area contributed by atoms with E-state index >= 15 is 0 Å². The lowest BCUT2D eigenvalue weighted by molar-refractivity contribution is -0.140. The van der Waals surface area contributed by atoms with Crippen LogP contribution in [0.25, 0.3) is 0 Å². The van der Waals surface area contributed by atoms with Crippen LogP contribution in [-0.4, -0.2) is 35.1 Å². The van der Waals surface area contributed by atoms with Crippen LogP contribution in [0.5, 0.6) is 0 Å². The Morgan fingerprint density at radius 3 is 2.59 bits per heavy atom. The number of nitrogens with zero attached hydrogens (tertiary/aromatic N) is 2. The van der Waals surface area contributed by atoms with Crippen LogP contribution in [0, 0.1) is 5.95 Å². The minimum Gasteiger partial charge on any atom is -0.330 e. The zero-order chi connectivity index (χ0) is 13.1. The van der Waals surface area contributed by atoms with E-state index in [1.54, 1.807) is 0 Å². The molecule has 0 fully saturated rings. The van der Waals surface area contributed by atoms with E-state index in [0.29, 0.717) is 4.90 Å². The van der Waals surface area contributed by atoms with Gasteiger partial charge in [0.2, 0.25) is 5.95 Å². The minimum atomic E-state index is -4.47. The number of hydrogen-bond acceptors (Lipinski definition) is 2. The van der Waals surface area contributed by atoms with Gasteiger partial charge in [-0.25, -0.2) is 4.98 Å². The first-order valence-corrected chi connectivity index (χ1v) is 4.81. The van der Waals surface area contributed by atoms with E-state index in [1.807, 2.05) is 0 Å². The summed E-state index contributed by atoms with van der Waals surface area (Å²) in [5.41, 5.74) is -0.149. The van der Waals surface area contributed by atoms with Crippen LogP contribution in [0.15, 0.2) is 18.3 Å². The summed E-state index contributed by atoms with van der Waals surface area (Å²) >= 11 is 0. The molecule has 0 unspecified atom stereocenters. The highest BCUT2D eigenvalue weighted by Crippen LogP contribution is 2.18. The van der Waals surface area contributed by atoms with Gasteiger partial charge in [-0.1, -0.05) is 0 Å². The normalized spacial score (nSPS) is 11.4. The van der Waals surface area contributed by atoms with Crippen molar-refractivity contribution in [3.63, 3.8) is 0 Å². The molecule has 0 aliphatic heterocycles. The van der Waals surface area contributed by atoms with E-state index in [4.69, 9.17) is 0 Å². The molecule has 0 atom stereocenters. The molecule has 1 amide bonds. The standard InChI is InChI=1S/C10H10F4N2O/c1-2-16(6-10(12,13)14)9(17)7-3-4-15-8(11)5-7/h3-5H,2,6H2,1H3. The second-order valence-electron chi connectivity index (χ2n) is 3.30. The van der Waals surface area contributed by atoms with Gasteiger partial charge in [0, 0.05) is 24.4 Å². The predicted octanol–water partition coefficient (Wildman–Crippen LogP) is 2.25. The highest BCUT2D eigenvalue weighted by Gasteiger charge is 2.32. The number of alkyl halides is 3. The van der Waals surface area contributed by atoms with E-state index in [0.717, 1.165) is 12.3 Å². The topological polar surface area (TPSA) is 33.2 Å². The monoisotopic (exact) mass is 250 g/mol. The van der Waals surface area contributed by atoms with Crippen molar-refractivity contribution in [1.82, 2.24) is 9.88 Å². The molecule has 94 valence electrons. The van der Waals surface area contributed by atoms with Crippen molar-refractivity contribution >= 4 is 5.91 Å². The Labute approximate surface area is 95.1 Å². The second kappa shape index (κ2) is 5.11. The van der Waals surface area contributed by atoms with Crippen molar-refractivity contribution in [1.29, 1.82) is 0 Å². The third kappa shape index (κ3) is 4.01. The summed E-state index contributed by atoms with van der Waals surface area (Å²) in [7, 11) is 0. The van der Waals surface area contributed by atoms with Crippen LogP contribution in [0.1, 0.15) is 17.3 Å². The van der Waals surface area contributed by atoms with Gasteiger partial charge in [0.15, 0.2) is 0 Å². The summed E-state index contributed by atoms with van der Waals surface area (Å²) in [6, 6.07) is 1.98. The Balaban J connectivity index is 2.87. The van der Waals surface area contributed by atoms with E-state index < -0.39 is 24.6 Å². The summed E-state index contributed by atoms with van der Waals surface area (Å²) in [6.45, 7) is -0.0459. The van der Waals surface area contributed by atoms with Gasteiger partial charge >= 0.3 is 6.18 Å². The fraction of sp³-hybridized carbons (Fsp3) is 0.400. The lowest BCUT2D eigenvalue weighted by atomic mass is 10.2. The number of pyridine rings is 1. The number of aromatic nitrogens is 1. The Hall–Kier alpha value is -1.66. The quantitative estimate of drug-likeness (QED) is 0.609. The number of carbonyl (C=O) groups is 1. The van der Waals surface area contributed by atoms with Gasteiger partial charge in [-0.2, -0.15) is 17.6 Å². The Kier molecular flexibility index (Phi) is 4.03. The van der Waals surface area contributed by atoms with E-state index in [1.165, 1.54) is 13.0 Å². The number of halogens is 4. The van der Waals surface area contributed by atoms with Crippen molar-refractivity contribution in [2.75, 3.05) is 13.1 Å². The third-order valence-electron chi connectivity index (χ3n) is 2.01. The van der Waals surface area contributed by atoms with Crippen LogP contribution in [0.2, 0.25) is 0 Å². The van der Waals surface area contributed by atoms with Gasteiger partial charge < -0.3 is 4.90 Å². The van der Waals surface area contributed by atoms with Crippen molar-refractivity contribution in [3.8, 4) is 0 Å². The molecule has 1 aromatic rings. The van der Waals surface area contributed by atoms with Crippen LogP contribution < -0.4 is 0 Å². The van der Waals surface area contributed by atoms with Crippen molar-refractivity contribution in [2.45, 2.75) is 13.1 Å². The lowest BCUT2D eigenvalue weighted by Crippen LogP contribution is -2.38. The average molecular weight is 250 g/mol. The molecule has 0 saturated carbocycles. The van der Waals surface area contributed by atoms with Gasteiger partial charge in [-0.15, -0.1) is 0 Å². The molecule has 3 nitrogen and oxygen atoms in total. The van der Waals surface area contributed by atoms with Gasteiger partial charge in [-0.05, 0) is 13.0 Å². The number of carbonyl (C=O) groups excluding carboxylic acids is 1. The summed E-state index contributed by atoms with van der Waals surface area (Å²) in [6.07, 6.45) is -3.44. The largest absolute Gasteiger partial charge is 0.406 e. The SMILES string of the molecule is CCN(CC(F)(F)F)C(=O)c1ccnc(F)c1. The Bertz CT molecular complexity index is 406. The molecule has 0 N–H and O–H groups in total. The highest BCUT2D eigenvalue weighted by atomic mass is 19.4. The molecule has 0 spiro atoms. The molecular formula is C10H10F4N2O. The van der Waals surface area contributed by atoms with Crippen LogP contribution in [0.3, 0.4) is 0 Å². The number of hydrogen-bond donors (Lipinski definition) is 0. The third-order valence-corrected chi connectivity index (χ3v) is 2.01. The van der Waals surface area contributed by atoms with Crippen molar-refractivity contribution in [3.05, 3.63) is 29.8 Å². The maximum Gasteiger partial charge on any atom is 0.406 e. The zero-order valence-corrected chi connectivity index (χ0v) is 8.96. The van der Waals surface area contributed by atoms with Gasteiger partial charge in [0.05, 0.1) is 0 Å². The molecule has 1 rings (SSSR count). The molecule has 1 aromatic heterocycles. The summed E-state index contributed by atoms with van der Waals surface area (Å²) in [5.74, 6) is -1.77. The summed E-state index contributed by atoms with van der Waals surface area (Å²) < 4.78 is 49.2. The zero-order valence-electron chi connectivity index (χ0n) is 8.96. The first-order valence-electron chi connectivity index (χ1n) is 4.81. The number of rotatable bonds is 3. The molecule has 1 heterocycles. The van der Waals surface area contributed by atoms with Crippen LogP contribution >= 0.6 is 0 Å². The van der Waals surface area contributed by atoms with E-state index in [9.17, 15) is 22.4 Å². The maximum atomic E-state index is 12.7. The summed E-state index contributed by atoms with van der Waals surface area (Å²) in [4.78, 5) is 15.5. The van der Waals surface area contributed by atoms with Crippen molar-refractivity contribution in [2.24, 2.45) is 0 Å². The molecule has 0 bridgehead atoms. The van der Waals surface area contributed by atoms with E-state index in [2.05, 4.69) is 4.98 Å². The lowest BCUT2D eigenvalue weighted by Gasteiger charge is -2.22. The number of amides is 1. The molecule has 7 heteroatoms. The molecule has 0 aromatic carbocycles. The molecular weight excluding hydrogens is 240 g/mol. The van der Waals surface area contributed by atoms with Gasteiger partial charge in [0.25, 0.3) is 5.91 Å². The average Bonchev–Trinajstić information content (AvgIpc) is 2.23. The first kappa shape index (κ1) is 13.4. The van der Waals surface area contributed by atoms with Crippen LogP contribution in [0.4, 0.5) is 17.6 Å². The second-order valence-corrected chi connectivity index (χ2v) is 3.30. The molecule has 17 heavy (non-hydrogen) atoms. The van der Waals surface area contributed by atoms with E-state index in [-0.39, 0.29) is 12.1 Å². The first-order chi connectivity index (χ1) is 7.83. The smallest absolute Gasteiger partial charge is 0.330 e. The molecule has 0 radical (unpaired) electrons. The van der Waals surface area contributed by atoms with Crippen LogP contribution in [-0.2, 0) is 0 Å². The maximum absolute atomic E-state index is 12.7. The van der Waals surface area contributed by atoms with Crippen molar-refractivity contribution < 1.29 is 22.4 Å². The molecule has 0 aliphatic rings. The predicted molar refractivity (Wildman–Crippen MR) is 51.8 cm³/mol. The highest BCUT2D eigenvalue weighted by molar-refractivity contribution is 5.94. The fourth-order valence-electron chi connectivity index (χ4n) is 1.26. The molecule has 0 aliphatic carbocycles. The minimum absolute atomic E-state index is 0.109. The fourth-order valence-corrected chi connectivity index (χ4v) is 1.26. The van der Waals surface area contributed by atoms with Gasteiger partial charge in [0.1, 0.15) is 6.54 Å².